The summed E-state index contributed by atoms with van der Waals surface area (Å²) < 4.78 is 61.9. The van der Waals surface area contributed by atoms with Crippen LogP contribution in [0.3, 0.4) is 0 Å². The molecule has 96 valence electrons. The second-order valence-corrected chi connectivity index (χ2v) is 4.61. The molecule has 0 saturated carbocycles. The van der Waals surface area contributed by atoms with Crippen LogP contribution in [0.4, 0.5) is 22.0 Å². The Morgan fingerprint density at radius 2 is 1.69 bits per heavy atom. The molecule has 16 heavy (non-hydrogen) atoms. The zero-order chi connectivity index (χ0) is 12.8. The number of rotatable bonds is 7. The van der Waals surface area contributed by atoms with E-state index >= 15 is 0 Å². The Hall–Kier alpha value is -0.330. The number of carbonyl (C=O) groups excluding carboxylic acids is 1. The molecule has 0 rings (SSSR count). The van der Waals surface area contributed by atoms with Crippen LogP contribution in [0, 0.1) is 0 Å². The zero-order valence-electron chi connectivity index (χ0n) is 8.74. The van der Waals surface area contributed by atoms with Gasteiger partial charge in [0.1, 0.15) is 0 Å². The minimum absolute atomic E-state index is 0.152. The lowest BCUT2D eigenvalue weighted by molar-refractivity contribution is -0.218. The van der Waals surface area contributed by atoms with Crippen molar-refractivity contribution in [2.24, 2.45) is 0 Å². The van der Waals surface area contributed by atoms with Gasteiger partial charge < -0.3 is 0 Å². The van der Waals surface area contributed by atoms with Crippen molar-refractivity contribution in [2.45, 2.75) is 38.0 Å². The molecule has 0 N–H and O–H groups in total. The molecule has 0 spiro atoms. The third kappa shape index (κ3) is 5.14. The van der Waals surface area contributed by atoms with E-state index in [0.717, 1.165) is 11.8 Å². The number of unbranched alkanes of at least 4 members (excludes halogenated alkanes) is 1. The van der Waals surface area contributed by atoms with E-state index in [-0.39, 0.29) is 18.0 Å². The Labute approximate surface area is 94.8 Å². The third-order valence-electron chi connectivity index (χ3n) is 1.89. The van der Waals surface area contributed by atoms with Gasteiger partial charge in [0, 0.05) is 19.1 Å². The first-order valence-electron chi connectivity index (χ1n) is 4.68. The summed E-state index contributed by atoms with van der Waals surface area (Å²) in [6, 6.07) is 0. The van der Waals surface area contributed by atoms with Gasteiger partial charge in [-0.25, -0.2) is 4.39 Å². The smallest absolute Gasteiger partial charge is 0.288 e. The number of alkyl halides is 5. The van der Waals surface area contributed by atoms with Crippen molar-refractivity contribution in [1.82, 2.24) is 0 Å². The molecular formula is C9H13F5OS. The summed E-state index contributed by atoms with van der Waals surface area (Å²) in [5.74, 6) is -8.60. The molecule has 0 atom stereocenters. The number of hydrogen-bond acceptors (Lipinski definition) is 2. The summed E-state index contributed by atoms with van der Waals surface area (Å²) in [7, 11) is 0. The standard InChI is InChI=1S/C9H13F5OS/c1-7(15)16-5-3-2-4-8(11,12)9(13,14)6-10/h2-6H2,1H3. The van der Waals surface area contributed by atoms with Gasteiger partial charge in [-0.1, -0.05) is 11.8 Å². The molecule has 0 saturated heterocycles. The predicted molar refractivity (Wildman–Crippen MR) is 52.9 cm³/mol. The fraction of sp³-hybridized carbons (Fsp3) is 0.889. The molecule has 0 aromatic heterocycles. The minimum Gasteiger partial charge on any atom is -0.288 e. The molecule has 0 amide bonds. The van der Waals surface area contributed by atoms with Crippen LogP contribution in [-0.4, -0.2) is 29.4 Å². The van der Waals surface area contributed by atoms with Crippen LogP contribution >= 0.6 is 11.8 Å². The summed E-state index contributed by atoms with van der Waals surface area (Å²) in [5, 5.41) is -0.152. The molecule has 0 aliphatic heterocycles. The van der Waals surface area contributed by atoms with Gasteiger partial charge in [0.05, 0.1) is 0 Å². The van der Waals surface area contributed by atoms with Crippen LogP contribution in [-0.2, 0) is 4.79 Å². The van der Waals surface area contributed by atoms with Crippen LogP contribution in [0.1, 0.15) is 26.2 Å². The van der Waals surface area contributed by atoms with Gasteiger partial charge >= 0.3 is 11.8 Å². The second kappa shape index (κ2) is 6.42. The van der Waals surface area contributed by atoms with E-state index in [9.17, 15) is 26.7 Å². The highest BCUT2D eigenvalue weighted by Crippen LogP contribution is 2.38. The van der Waals surface area contributed by atoms with Crippen molar-refractivity contribution in [3.8, 4) is 0 Å². The highest BCUT2D eigenvalue weighted by atomic mass is 32.2. The summed E-state index contributed by atoms with van der Waals surface area (Å²) in [6.45, 7) is -1.03. The maximum absolute atomic E-state index is 12.7. The van der Waals surface area contributed by atoms with E-state index < -0.39 is 24.9 Å². The molecule has 0 heterocycles. The summed E-state index contributed by atoms with van der Waals surface area (Å²) in [5.41, 5.74) is 0. The Morgan fingerprint density at radius 1 is 1.12 bits per heavy atom. The molecule has 0 aliphatic rings. The molecule has 1 nitrogen and oxygen atoms in total. The summed E-state index contributed by atoms with van der Waals surface area (Å²) >= 11 is 0.950. The van der Waals surface area contributed by atoms with Gasteiger partial charge in [0.2, 0.25) is 0 Å². The number of thioether (sulfide) groups is 1. The molecule has 0 aliphatic carbocycles. The molecule has 0 unspecified atom stereocenters. The third-order valence-corrected chi connectivity index (χ3v) is 2.79. The minimum atomic E-state index is -4.60. The fourth-order valence-corrected chi connectivity index (χ4v) is 1.58. The van der Waals surface area contributed by atoms with E-state index in [1.54, 1.807) is 0 Å². The number of hydrogen-bond donors (Lipinski definition) is 0. The van der Waals surface area contributed by atoms with Gasteiger partial charge in [0.25, 0.3) is 0 Å². The van der Waals surface area contributed by atoms with Gasteiger partial charge in [-0.3, -0.25) is 4.79 Å². The first-order chi connectivity index (χ1) is 7.23. The van der Waals surface area contributed by atoms with E-state index in [0.29, 0.717) is 5.75 Å². The molecule has 0 radical (unpaired) electrons. The maximum Gasteiger partial charge on any atom is 0.337 e. The number of carbonyl (C=O) groups is 1. The van der Waals surface area contributed by atoms with Gasteiger partial charge in [0.15, 0.2) is 11.8 Å². The molecule has 0 bridgehead atoms. The lowest BCUT2D eigenvalue weighted by Crippen LogP contribution is -2.42. The average Bonchev–Trinajstić information content (AvgIpc) is 2.16. The molecular weight excluding hydrogens is 251 g/mol. The number of halogens is 5. The van der Waals surface area contributed by atoms with Gasteiger partial charge in [-0.05, 0) is 12.8 Å². The Morgan fingerprint density at radius 3 is 2.12 bits per heavy atom. The first-order valence-corrected chi connectivity index (χ1v) is 5.66. The van der Waals surface area contributed by atoms with Crippen molar-refractivity contribution in [3.05, 3.63) is 0 Å². The normalized spacial score (nSPS) is 12.9. The van der Waals surface area contributed by atoms with E-state index in [4.69, 9.17) is 0 Å². The Balaban J connectivity index is 3.87. The van der Waals surface area contributed by atoms with E-state index in [1.165, 1.54) is 6.92 Å². The molecule has 0 aromatic carbocycles. The van der Waals surface area contributed by atoms with Crippen LogP contribution < -0.4 is 0 Å². The van der Waals surface area contributed by atoms with Gasteiger partial charge in [-0.15, -0.1) is 0 Å². The topological polar surface area (TPSA) is 17.1 Å². The second-order valence-electron chi connectivity index (χ2n) is 3.34. The van der Waals surface area contributed by atoms with Crippen LogP contribution in [0.25, 0.3) is 0 Å². The monoisotopic (exact) mass is 264 g/mol. The van der Waals surface area contributed by atoms with E-state index in [2.05, 4.69) is 0 Å². The SMILES string of the molecule is CC(=O)SCCCCC(F)(F)C(F)(F)CF. The van der Waals surface area contributed by atoms with Crippen LogP contribution in [0.5, 0.6) is 0 Å². The molecule has 0 aromatic rings. The first kappa shape index (κ1) is 15.7. The van der Waals surface area contributed by atoms with E-state index in [1.807, 2.05) is 0 Å². The van der Waals surface area contributed by atoms with Gasteiger partial charge in [-0.2, -0.15) is 17.6 Å². The van der Waals surface area contributed by atoms with Crippen molar-refractivity contribution in [3.63, 3.8) is 0 Å². The lowest BCUT2D eigenvalue weighted by Gasteiger charge is -2.23. The predicted octanol–water partition coefficient (Wildman–Crippen LogP) is 3.68. The Kier molecular flexibility index (Phi) is 6.28. The highest BCUT2D eigenvalue weighted by Gasteiger charge is 2.55. The average molecular weight is 264 g/mol. The van der Waals surface area contributed by atoms with Crippen LogP contribution in [0.15, 0.2) is 0 Å². The largest absolute Gasteiger partial charge is 0.337 e. The zero-order valence-corrected chi connectivity index (χ0v) is 9.56. The summed E-state index contributed by atoms with van der Waals surface area (Å²) in [4.78, 5) is 10.5. The van der Waals surface area contributed by atoms with Crippen LogP contribution in [0.2, 0.25) is 0 Å². The Bertz CT molecular complexity index is 232. The highest BCUT2D eigenvalue weighted by molar-refractivity contribution is 8.13. The molecule has 0 fully saturated rings. The van der Waals surface area contributed by atoms with Crippen molar-refractivity contribution in [2.75, 3.05) is 12.4 Å². The lowest BCUT2D eigenvalue weighted by atomic mass is 10.1. The summed E-state index contributed by atoms with van der Waals surface area (Å²) in [6.07, 6.45) is -1.01. The maximum atomic E-state index is 12.7. The van der Waals surface area contributed by atoms with Crippen molar-refractivity contribution in [1.29, 1.82) is 0 Å². The quantitative estimate of drug-likeness (QED) is 0.515. The van der Waals surface area contributed by atoms with Crippen molar-refractivity contribution < 1.29 is 26.7 Å². The van der Waals surface area contributed by atoms with Crippen molar-refractivity contribution >= 4 is 16.9 Å². The molecule has 7 heteroatoms. The fourth-order valence-electron chi connectivity index (χ4n) is 0.946.